The summed E-state index contributed by atoms with van der Waals surface area (Å²) < 4.78 is 21.1. The van der Waals surface area contributed by atoms with Crippen LogP contribution in [0.2, 0.25) is 19.1 Å². The van der Waals surface area contributed by atoms with Crippen LogP contribution in [0.25, 0.3) is 0 Å². The highest BCUT2D eigenvalue weighted by molar-refractivity contribution is 6.71. The molecule has 0 saturated carbocycles. The lowest BCUT2D eigenvalue weighted by Gasteiger charge is -2.24. The molecule has 0 fully saturated rings. The quantitative estimate of drug-likeness (QED) is 0.229. The molecule has 3 aromatic rings. The van der Waals surface area contributed by atoms with Crippen LogP contribution in [0.3, 0.4) is 0 Å². The lowest BCUT2D eigenvalue weighted by Crippen LogP contribution is -2.36. The molecule has 0 aliphatic heterocycles. The molecule has 0 bridgehead atoms. The van der Waals surface area contributed by atoms with Gasteiger partial charge >= 0.3 is 17.1 Å². The third-order valence-electron chi connectivity index (χ3n) is 8.37. The van der Waals surface area contributed by atoms with Crippen LogP contribution < -0.4 is 0 Å². The zero-order valence-corrected chi connectivity index (χ0v) is 30.3. The van der Waals surface area contributed by atoms with Gasteiger partial charge in [0.1, 0.15) is 0 Å². The van der Waals surface area contributed by atoms with Crippen molar-refractivity contribution in [2.75, 3.05) is 28.4 Å². The van der Waals surface area contributed by atoms with Gasteiger partial charge in [-0.15, -0.1) is 6.58 Å². The van der Waals surface area contributed by atoms with Crippen LogP contribution in [0.1, 0.15) is 68.7 Å². The molecule has 6 nitrogen and oxygen atoms in total. The molecule has 45 heavy (non-hydrogen) atoms. The van der Waals surface area contributed by atoms with Crippen LogP contribution in [0, 0.1) is 6.92 Å². The van der Waals surface area contributed by atoms with Crippen molar-refractivity contribution in [2.45, 2.75) is 71.0 Å². The number of benzene rings is 3. The fraction of sp³-hybridized carbons (Fsp3) is 0.405. The van der Waals surface area contributed by atoms with Gasteiger partial charge in [0.15, 0.2) is 11.6 Å². The second-order valence-electron chi connectivity index (χ2n) is 11.5. The van der Waals surface area contributed by atoms with Gasteiger partial charge in [0.2, 0.25) is 0 Å². The molecule has 0 saturated heterocycles. The van der Waals surface area contributed by atoms with Crippen LogP contribution in [0.4, 0.5) is 0 Å². The molecule has 244 valence electrons. The Balaban J connectivity index is 0.000000229. The fourth-order valence-electron chi connectivity index (χ4n) is 5.01. The summed E-state index contributed by atoms with van der Waals surface area (Å²) in [6, 6.07) is 25.3. The average Bonchev–Trinajstić information content (AvgIpc) is 3.08. The molecule has 0 heterocycles. The number of rotatable bonds is 8. The second kappa shape index (κ2) is 19.5. The van der Waals surface area contributed by atoms with E-state index in [-0.39, 0.29) is 0 Å². The molecule has 0 amide bonds. The van der Waals surface area contributed by atoms with Crippen molar-refractivity contribution in [3.63, 3.8) is 0 Å². The Bertz CT molecular complexity index is 1350. The lowest BCUT2D eigenvalue weighted by atomic mass is 9.86. The molecule has 8 heteroatoms. The van der Waals surface area contributed by atoms with Gasteiger partial charge in [-0.05, 0) is 80.6 Å². The highest BCUT2D eigenvalue weighted by atomic mass is 28.4. The summed E-state index contributed by atoms with van der Waals surface area (Å²) >= 11 is 0. The van der Waals surface area contributed by atoms with Crippen LogP contribution in [0.15, 0.2) is 85.1 Å². The maximum atomic E-state index is 12.1. The van der Waals surface area contributed by atoms with E-state index in [2.05, 4.69) is 50.4 Å². The first-order chi connectivity index (χ1) is 21.5. The highest BCUT2D eigenvalue weighted by Crippen LogP contribution is 2.27. The van der Waals surface area contributed by atoms with Gasteiger partial charge in [0.25, 0.3) is 0 Å². The topological polar surface area (TPSA) is 71.1 Å². The Morgan fingerprint density at radius 3 is 1.76 bits per heavy atom. The van der Waals surface area contributed by atoms with Gasteiger partial charge in [0, 0.05) is 52.4 Å². The number of aryl methyl sites for hydroxylation is 4. The Hall–Kier alpha value is -2.99. The fourth-order valence-corrected chi connectivity index (χ4v) is 6.81. The van der Waals surface area contributed by atoms with Gasteiger partial charge in [-0.2, -0.15) is 0 Å². The SMILES string of the molecule is C=C[Si](C)(OC)OC.CO[Si](C)(CCc1cccc2c1C(=O)CCC2)OC.Cc1ccccc1.O=C1CCCc2ccccc21. The highest BCUT2D eigenvalue weighted by Gasteiger charge is 2.29. The largest absolute Gasteiger partial charge is 0.398 e. The molecule has 5 rings (SSSR count). The van der Waals surface area contributed by atoms with Crippen molar-refractivity contribution in [2.24, 2.45) is 0 Å². The molecular weight excluding hydrogens is 597 g/mol. The summed E-state index contributed by atoms with van der Waals surface area (Å²) in [6.45, 7) is 9.66. The number of carbonyl (C=O) groups excluding carboxylic acids is 2. The predicted octanol–water partition coefficient (Wildman–Crippen LogP) is 8.39. The summed E-state index contributed by atoms with van der Waals surface area (Å²) in [5.41, 5.74) is 8.58. The molecule has 2 aliphatic rings. The standard InChI is InChI=1S/C15H22O3Si.C10H10O.C7H8.C5H12O2Si/c1-17-19(3,18-2)11-10-13-7-4-6-12-8-5-9-14(16)15(12)13;11-10-7-3-5-8-4-1-2-6-9(8)10;1-7-5-3-2-4-6-7;1-5-8(4,6-2)7-3/h4,6-7H,5,8-11H2,1-3H3;1-2,4,6H,3,5,7H2;2-6H,1H3;5H,1H2,2-4H3. The summed E-state index contributed by atoms with van der Waals surface area (Å²) in [6.07, 6.45) is 6.39. The molecule has 0 N–H and O–H groups in total. The maximum Gasteiger partial charge on any atom is 0.360 e. The maximum absolute atomic E-state index is 12.1. The van der Waals surface area contributed by atoms with E-state index in [9.17, 15) is 9.59 Å². The zero-order valence-electron chi connectivity index (χ0n) is 28.3. The first kappa shape index (κ1) is 38.2. The van der Waals surface area contributed by atoms with Gasteiger partial charge in [-0.1, -0.05) is 78.4 Å². The third-order valence-corrected chi connectivity index (χ3v) is 13.6. The van der Waals surface area contributed by atoms with Crippen molar-refractivity contribution in [3.05, 3.63) is 118 Å². The monoisotopic (exact) mass is 648 g/mol. The van der Waals surface area contributed by atoms with Crippen LogP contribution >= 0.6 is 0 Å². The van der Waals surface area contributed by atoms with E-state index in [4.69, 9.17) is 17.7 Å². The molecule has 0 aromatic heterocycles. The summed E-state index contributed by atoms with van der Waals surface area (Å²) in [4.78, 5) is 23.4. The van der Waals surface area contributed by atoms with E-state index < -0.39 is 17.1 Å². The van der Waals surface area contributed by atoms with Gasteiger partial charge in [-0.3, -0.25) is 9.59 Å². The van der Waals surface area contributed by atoms with Crippen molar-refractivity contribution in [1.82, 2.24) is 0 Å². The Morgan fingerprint density at radius 2 is 1.24 bits per heavy atom. The number of hydrogen-bond donors (Lipinski definition) is 0. The van der Waals surface area contributed by atoms with Crippen LogP contribution in [0.5, 0.6) is 0 Å². The summed E-state index contributed by atoms with van der Waals surface area (Å²) in [5, 5.41) is 0. The van der Waals surface area contributed by atoms with Crippen LogP contribution in [-0.2, 0) is 37.0 Å². The molecule has 0 atom stereocenters. The molecule has 3 aromatic carbocycles. The number of fused-ring (bicyclic) bond motifs is 2. The Kier molecular flexibility index (Phi) is 16.6. The van der Waals surface area contributed by atoms with E-state index >= 15 is 0 Å². The van der Waals surface area contributed by atoms with Crippen molar-refractivity contribution < 1.29 is 27.3 Å². The van der Waals surface area contributed by atoms with Gasteiger partial charge < -0.3 is 17.7 Å². The van der Waals surface area contributed by atoms with E-state index in [0.717, 1.165) is 61.3 Å². The first-order valence-electron chi connectivity index (χ1n) is 15.7. The minimum atomic E-state index is -2.06. The van der Waals surface area contributed by atoms with E-state index in [1.807, 2.05) is 49.0 Å². The second-order valence-corrected chi connectivity index (χ2v) is 18.3. The molecule has 0 radical (unpaired) electrons. The lowest BCUT2D eigenvalue weighted by molar-refractivity contribution is 0.0964. The number of Topliss-reactive ketones (excluding diaryl/α,β-unsaturated/α-hetero) is 2. The van der Waals surface area contributed by atoms with Crippen LogP contribution in [-0.4, -0.2) is 57.1 Å². The Labute approximate surface area is 273 Å². The first-order valence-corrected chi connectivity index (χ1v) is 20.6. The van der Waals surface area contributed by atoms with Crippen molar-refractivity contribution in [1.29, 1.82) is 0 Å². The summed E-state index contributed by atoms with van der Waals surface area (Å²) in [7, 11) is 2.73. The predicted molar refractivity (Wildman–Crippen MR) is 189 cm³/mol. The van der Waals surface area contributed by atoms with Gasteiger partial charge in [0.05, 0.1) is 0 Å². The van der Waals surface area contributed by atoms with E-state index in [1.165, 1.54) is 16.7 Å². The van der Waals surface area contributed by atoms with Crippen molar-refractivity contribution >= 4 is 28.7 Å². The number of hydrogen-bond acceptors (Lipinski definition) is 6. The molecule has 0 spiro atoms. The Morgan fingerprint density at radius 1 is 0.689 bits per heavy atom. The molecule has 2 aliphatic carbocycles. The number of ketones is 2. The minimum absolute atomic E-state index is 0.301. The smallest absolute Gasteiger partial charge is 0.360 e. The third kappa shape index (κ3) is 12.4. The average molecular weight is 649 g/mol. The number of carbonyl (C=O) groups is 2. The van der Waals surface area contributed by atoms with E-state index in [0.29, 0.717) is 18.0 Å². The minimum Gasteiger partial charge on any atom is -0.398 e. The van der Waals surface area contributed by atoms with Gasteiger partial charge in [-0.25, -0.2) is 0 Å². The van der Waals surface area contributed by atoms with Crippen molar-refractivity contribution in [3.8, 4) is 0 Å². The normalized spacial score (nSPS) is 13.8. The van der Waals surface area contributed by atoms with E-state index in [1.54, 1.807) is 34.1 Å². The molecule has 0 unspecified atom stereocenters. The zero-order chi connectivity index (χ0) is 33.3. The summed E-state index contributed by atoms with van der Waals surface area (Å²) in [5.74, 6) is 0.613. The molecular formula is C37H52O6Si2.